The number of rotatable bonds is 8. The van der Waals surface area contributed by atoms with Gasteiger partial charge in [0, 0.05) is 17.7 Å². The molecule has 0 amide bonds. The predicted octanol–water partition coefficient (Wildman–Crippen LogP) is 2.60. The molecule has 3 aromatic rings. The Kier molecular flexibility index (Phi) is 5.66. The molecule has 2 N–H and O–H groups in total. The Labute approximate surface area is 159 Å². The number of hydrogen-bond donors (Lipinski definition) is 2. The van der Waals surface area contributed by atoms with Crippen LogP contribution in [0.4, 0.5) is 5.69 Å². The average molecular weight is 383 g/mol. The Balaban J connectivity index is 1.67. The molecule has 0 aliphatic heterocycles. The third-order valence-electron chi connectivity index (χ3n) is 3.94. The van der Waals surface area contributed by atoms with E-state index in [-0.39, 0.29) is 24.5 Å². The first-order chi connectivity index (χ1) is 13.4. The van der Waals surface area contributed by atoms with Crippen LogP contribution in [0, 0.1) is 10.1 Å². The fourth-order valence-corrected chi connectivity index (χ4v) is 2.59. The second kappa shape index (κ2) is 8.31. The molecule has 28 heavy (non-hydrogen) atoms. The fraction of sp³-hybridized carbons (Fsp3) is 0.158. The number of carboxylic acid groups (broad SMARTS) is 1. The van der Waals surface area contributed by atoms with Crippen molar-refractivity contribution in [3.63, 3.8) is 0 Å². The van der Waals surface area contributed by atoms with E-state index in [4.69, 9.17) is 4.74 Å². The van der Waals surface area contributed by atoms with E-state index in [1.54, 1.807) is 0 Å². The maximum absolute atomic E-state index is 11.5. The molecule has 1 heterocycles. The van der Waals surface area contributed by atoms with Gasteiger partial charge in [-0.1, -0.05) is 30.3 Å². The molecule has 1 unspecified atom stereocenters. The fourth-order valence-electron chi connectivity index (χ4n) is 2.59. The molecular weight excluding hydrogens is 366 g/mol. The van der Waals surface area contributed by atoms with Gasteiger partial charge in [-0.25, -0.2) is 4.79 Å². The van der Waals surface area contributed by atoms with Crippen molar-refractivity contribution in [2.45, 2.75) is 12.6 Å². The van der Waals surface area contributed by atoms with Gasteiger partial charge in [-0.15, -0.1) is 0 Å². The highest BCUT2D eigenvalue weighted by molar-refractivity contribution is 5.87. The Morgan fingerprint density at radius 3 is 2.46 bits per heavy atom. The monoisotopic (exact) mass is 383 g/mol. The van der Waals surface area contributed by atoms with Crippen LogP contribution in [0.15, 0.2) is 60.7 Å². The summed E-state index contributed by atoms with van der Waals surface area (Å²) in [7, 11) is 0. The largest absolute Gasteiger partial charge is 0.491 e. The first-order valence-electron chi connectivity index (χ1n) is 8.36. The standard InChI is InChI=1S/C19H17N3O6/c23-15(12-28-16-8-6-14(7-9-16)22(26)27)11-21-18(19(24)25)10-17(20-21)13-4-2-1-3-5-13/h1-10,15,23H,11-12H2,(H,24,25). The van der Waals surface area contributed by atoms with Crippen LogP contribution < -0.4 is 4.74 Å². The summed E-state index contributed by atoms with van der Waals surface area (Å²) >= 11 is 0. The lowest BCUT2D eigenvalue weighted by molar-refractivity contribution is -0.384. The SMILES string of the molecule is O=C(O)c1cc(-c2ccccc2)nn1CC(O)COc1ccc([N+](=O)[O-])cc1. The number of benzene rings is 2. The number of aliphatic hydroxyl groups is 1. The molecule has 0 saturated carbocycles. The van der Waals surface area contributed by atoms with Crippen molar-refractivity contribution in [2.75, 3.05) is 6.61 Å². The van der Waals surface area contributed by atoms with Crippen molar-refractivity contribution in [3.8, 4) is 17.0 Å². The molecule has 0 bridgehead atoms. The number of hydrogen-bond acceptors (Lipinski definition) is 6. The van der Waals surface area contributed by atoms with E-state index in [0.717, 1.165) is 5.56 Å². The van der Waals surface area contributed by atoms with Crippen LogP contribution in [0.2, 0.25) is 0 Å². The summed E-state index contributed by atoms with van der Waals surface area (Å²) in [6, 6.07) is 16.0. The van der Waals surface area contributed by atoms with E-state index in [1.807, 2.05) is 30.3 Å². The Morgan fingerprint density at radius 1 is 1.18 bits per heavy atom. The molecule has 1 atom stereocenters. The van der Waals surface area contributed by atoms with Crippen molar-refractivity contribution in [3.05, 3.63) is 76.5 Å². The van der Waals surface area contributed by atoms with Gasteiger partial charge < -0.3 is 14.9 Å². The molecule has 9 nitrogen and oxygen atoms in total. The first kappa shape index (κ1) is 19.1. The van der Waals surface area contributed by atoms with Crippen LogP contribution in [0.3, 0.4) is 0 Å². The van der Waals surface area contributed by atoms with Gasteiger partial charge in [0.2, 0.25) is 0 Å². The third-order valence-corrected chi connectivity index (χ3v) is 3.94. The van der Waals surface area contributed by atoms with Crippen molar-refractivity contribution in [2.24, 2.45) is 0 Å². The van der Waals surface area contributed by atoms with Crippen molar-refractivity contribution >= 4 is 11.7 Å². The average Bonchev–Trinajstić information content (AvgIpc) is 3.11. The Hall–Kier alpha value is -3.72. The number of nitro groups is 1. The number of nitro benzene ring substituents is 1. The smallest absolute Gasteiger partial charge is 0.354 e. The Morgan fingerprint density at radius 2 is 1.86 bits per heavy atom. The summed E-state index contributed by atoms with van der Waals surface area (Å²) in [6.45, 7) is -0.209. The molecule has 9 heteroatoms. The second-order valence-corrected chi connectivity index (χ2v) is 5.98. The molecule has 3 rings (SSSR count). The molecule has 2 aromatic carbocycles. The van der Waals surface area contributed by atoms with Crippen molar-refractivity contribution in [1.29, 1.82) is 0 Å². The molecule has 0 aliphatic rings. The molecule has 0 spiro atoms. The van der Waals surface area contributed by atoms with E-state index in [9.17, 15) is 25.1 Å². The number of aromatic nitrogens is 2. The second-order valence-electron chi connectivity index (χ2n) is 5.98. The van der Waals surface area contributed by atoms with E-state index in [1.165, 1.54) is 35.0 Å². The summed E-state index contributed by atoms with van der Waals surface area (Å²) in [5.74, 6) is -0.799. The highest BCUT2D eigenvalue weighted by atomic mass is 16.6. The van der Waals surface area contributed by atoms with Gasteiger partial charge in [-0.2, -0.15) is 5.10 Å². The van der Waals surface area contributed by atoms with Crippen LogP contribution >= 0.6 is 0 Å². The topological polar surface area (TPSA) is 128 Å². The van der Waals surface area contributed by atoms with Gasteiger partial charge in [0.05, 0.1) is 17.2 Å². The maximum Gasteiger partial charge on any atom is 0.354 e. The number of aromatic carboxylic acids is 1. The normalized spacial score (nSPS) is 11.8. The van der Waals surface area contributed by atoms with E-state index >= 15 is 0 Å². The number of aliphatic hydroxyl groups excluding tert-OH is 1. The number of ether oxygens (including phenoxy) is 1. The minimum absolute atomic E-state index is 0.0479. The number of nitrogens with zero attached hydrogens (tertiary/aromatic N) is 3. The predicted molar refractivity (Wildman–Crippen MR) is 99.2 cm³/mol. The van der Waals surface area contributed by atoms with E-state index in [0.29, 0.717) is 11.4 Å². The molecule has 0 saturated heterocycles. The first-order valence-corrected chi connectivity index (χ1v) is 8.36. The lowest BCUT2D eigenvalue weighted by atomic mass is 10.1. The quantitative estimate of drug-likeness (QED) is 0.452. The lowest BCUT2D eigenvalue weighted by Crippen LogP contribution is -2.26. The molecule has 0 fully saturated rings. The summed E-state index contributed by atoms with van der Waals surface area (Å²) in [6.07, 6.45) is -1.03. The van der Waals surface area contributed by atoms with Crippen LogP contribution in [-0.2, 0) is 6.54 Å². The highest BCUT2D eigenvalue weighted by Gasteiger charge is 2.18. The summed E-state index contributed by atoms with van der Waals surface area (Å²) in [5, 5.41) is 34.5. The Bertz CT molecular complexity index is 969. The van der Waals surface area contributed by atoms with Gasteiger partial charge in [-0.3, -0.25) is 14.8 Å². The zero-order valence-electron chi connectivity index (χ0n) is 14.6. The van der Waals surface area contributed by atoms with Gasteiger partial charge in [-0.05, 0) is 18.2 Å². The molecular formula is C19H17N3O6. The highest BCUT2D eigenvalue weighted by Crippen LogP contribution is 2.20. The zero-order valence-corrected chi connectivity index (χ0v) is 14.6. The van der Waals surface area contributed by atoms with E-state index in [2.05, 4.69) is 5.10 Å². The number of carbonyl (C=O) groups is 1. The van der Waals surface area contributed by atoms with Gasteiger partial charge in [0.1, 0.15) is 24.2 Å². The summed E-state index contributed by atoms with van der Waals surface area (Å²) in [5.41, 5.74) is 1.14. The molecule has 0 radical (unpaired) electrons. The third kappa shape index (κ3) is 4.51. The van der Waals surface area contributed by atoms with E-state index < -0.39 is 17.0 Å². The lowest BCUT2D eigenvalue weighted by Gasteiger charge is -2.13. The zero-order chi connectivity index (χ0) is 20.1. The maximum atomic E-state index is 11.5. The van der Waals surface area contributed by atoms with Gasteiger partial charge >= 0.3 is 5.97 Å². The number of carboxylic acids is 1. The van der Waals surface area contributed by atoms with Crippen LogP contribution in [0.1, 0.15) is 10.5 Å². The molecule has 1 aromatic heterocycles. The summed E-state index contributed by atoms with van der Waals surface area (Å²) < 4.78 is 6.62. The van der Waals surface area contributed by atoms with Gasteiger partial charge in [0.15, 0.2) is 0 Å². The van der Waals surface area contributed by atoms with Crippen molar-refractivity contribution < 1.29 is 24.7 Å². The van der Waals surface area contributed by atoms with Crippen molar-refractivity contribution in [1.82, 2.24) is 9.78 Å². The molecule has 144 valence electrons. The minimum Gasteiger partial charge on any atom is -0.491 e. The molecule has 0 aliphatic carbocycles. The van der Waals surface area contributed by atoms with Gasteiger partial charge in [0.25, 0.3) is 5.69 Å². The van der Waals surface area contributed by atoms with Crippen LogP contribution in [0.5, 0.6) is 5.75 Å². The van der Waals surface area contributed by atoms with Crippen LogP contribution in [-0.4, -0.2) is 43.6 Å². The number of non-ortho nitro benzene ring substituents is 1. The van der Waals surface area contributed by atoms with Crippen LogP contribution in [0.25, 0.3) is 11.3 Å². The summed E-state index contributed by atoms with van der Waals surface area (Å²) in [4.78, 5) is 21.6. The minimum atomic E-state index is -1.15.